The monoisotopic (exact) mass is 286 g/mol. The zero-order valence-corrected chi connectivity index (χ0v) is 11.8. The summed E-state index contributed by atoms with van der Waals surface area (Å²) >= 11 is 0. The van der Waals surface area contributed by atoms with Gasteiger partial charge in [0.25, 0.3) is 0 Å². The van der Waals surface area contributed by atoms with Crippen LogP contribution >= 0.6 is 0 Å². The second kappa shape index (κ2) is 4.07. The molecule has 0 spiro atoms. The van der Waals surface area contributed by atoms with Crippen LogP contribution in [0.5, 0.6) is 0 Å². The molecule has 0 heterocycles. The minimum atomic E-state index is -0.854. The van der Waals surface area contributed by atoms with Gasteiger partial charge in [0.2, 0.25) is 0 Å². The van der Waals surface area contributed by atoms with E-state index in [1.54, 1.807) is 6.08 Å². The Balaban J connectivity index is 1.93. The van der Waals surface area contributed by atoms with Crippen LogP contribution in [-0.4, -0.2) is 16.3 Å². The number of rotatable bonds is 0. The van der Waals surface area contributed by atoms with Crippen LogP contribution in [-0.2, 0) is 0 Å². The molecule has 2 N–H and O–H groups in total. The van der Waals surface area contributed by atoms with Crippen molar-refractivity contribution in [2.24, 2.45) is 0 Å². The molecule has 0 bridgehead atoms. The van der Waals surface area contributed by atoms with Gasteiger partial charge in [-0.2, -0.15) is 0 Å². The summed E-state index contributed by atoms with van der Waals surface area (Å²) < 4.78 is 0. The van der Waals surface area contributed by atoms with Crippen molar-refractivity contribution >= 4 is 16.8 Å². The Morgan fingerprint density at radius 3 is 2.36 bits per heavy atom. The van der Waals surface area contributed by atoms with Crippen molar-refractivity contribution in [3.63, 3.8) is 0 Å². The van der Waals surface area contributed by atoms with Crippen molar-refractivity contribution in [3.05, 3.63) is 65.7 Å². The fourth-order valence-electron chi connectivity index (χ4n) is 3.85. The molecule has 2 atom stereocenters. The molecule has 0 aromatic heterocycles. The van der Waals surface area contributed by atoms with Gasteiger partial charge in [-0.15, -0.1) is 0 Å². The van der Waals surface area contributed by atoms with Crippen LogP contribution in [0.3, 0.4) is 0 Å². The average Bonchev–Trinajstić information content (AvgIpc) is 2.88. The predicted molar refractivity (Wildman–Crippen MR) is 88.4 cm³/mol. The van der Waals surface area contributed by atoms with Crippen LogP contribution in [0.15, 0.2) is 54.6 Å². The lowest BCUT2D eigenvalue weighted by molar-refractivity contribution is 0.0470. The molecule has 2 aliphatic rings. The van der Waals surface area contributed by atoms with Crippen LogP contribution in [0.1, 0.15) is 17.2 Å². The topological polar surface area (TPSA) is 40.5 Å². The summed E-state index contributed by atoms with van der Waals surface area (Å²) in [6.07, 6.45) is 1.94. The minimum Gasteiger partial charge on any atom is -0.386 e. The van der Waals surface area contributed by atoms with Crippen molar-refractivity contribution in [2.45, 2.75) is 12.2 Å². The van der Waals surface area contributed by atoms with E-state index in [9.17, 15) is 10.2 Å². The van der Waals surface area contributed by atoms with Gasteiger partial charge in [-0.25, -0.2) is 0 Å². The lowest BCUT2D eigenvalue weighted by Crippen LogP contribution is -2.19. The van der Waals surface area contributed by atoms with E-state index in [1.165, 1.54) is 33.0 Å². The van der Waals surface area contributed by atoms with Gasteiger partial charge in [0, 0.05) is 0 Å². The van der Waals surface area contributed by atoms with Gasteiger partial charge in [-0.3, -0.25) is 0 Å². The van der Waals surface area contributed by atoms with Crippen LogP contribution in [0.2, 0.25) is 0 Å². The molecule has 5 rings (SSSR count). The molecule has 0 fully saturated rings. The Hall–Kier alpha value is -2.42. The maximum atomic E-state index is 10.3. The van der Waals surface area contributed by atoms with Gasteiger partial charge in [0.05, 0.1) is 0 Å². The van der Waals surface area contributed by atoms with E-state index in [4.69, 9.17) is 0 Å². The van der Waals surface area contributed by atoms with Gasteiger partial charge in [0.15, 0.2) is 0 Å². The van der Waals surface area contributed by atoms with E-state index < -0.39 is 12.2 Å². The molecule has 2 nitrogen and oxygen atoms in total. The summed E-state index contributed by atoms with van der Waals surface area (Å²) in [5, 5.41) is 22.6. The summed E-state index contributed by atoms with van der Waals surface area (Å²) in [7, 11) is 0. The minimum absolute atomic E-state index is 0.804. The quantitative estimate of drug-likeness (QED) is 0.514. The molecular formula is C20H14O2. The molecule has 2 aliphatic carbocycles. The standard InChI is InChI=1S/C20H14O2/c21-17-10-9-14-15(20(17)22)8-7-13-12-5-1-3-11-4-2-6-16(18(11)12)19(13)14/h1-10,17,20-22H/t17-,20-/m1/s1. The third kappa shape index (κ3) is 1.36. The highest BCUT2D eigenvalue weighted by Crippen LogP contribution is 2.50. The van der Waals surface area contributed by atoms with Crippen LogP contribution in [0, 0.1) is 0 Å². The second-order valence-corrected chi connectivity index (χ2v) is 5.99. The number of hydrogen-bond donors (Lipinski definition) is 2. The number of aliphatic hydroxyl groups excluding tert-OH is 2. The first kappa shape index (κ1) is 12.2. The molecule has 0 amide bonds. The van der Waals surface area contributed by atoms with Crippen molar-refractivity contribution in [3.8, 4) is 22.3 Å². The molecule has 0 saturated heterocycles. The van der Waals surface area contributed by atoms with Gasteiger partial charge in [-0.1, -0.05) is 60.7 Å². The molecule has 0 aliphatic heterocycles. The molecule has 106 valence electrons. The van der Waals surface area contributed by atoms with E-state index in [2.05, 4.69) is 42.5 Å². The first-order valence-electron chi connectivity index (χ1n) is 7.49. The summed E-state index contributed by atoms with van der Waals surface area (Å²) in [5.41, 5.74) is 6.68. The maximum absolute atomic E-state index is 10.3. The Morgan fingerprint density at radius 1 is 0.773 bits per heavy atom. The van der Waals surface area contributed by atoms with Gasteiger partial charge >= 0.3 is 0 Å². The number of aliphatic hydroxyl groups is 2. The highest BCUT2D eigenvalue weighted by molar-refractivity contribution is 6.16. The smallest absolute Gasteiger partial charge is 0.109 e. The van der Waals surface area contributed by atoms with Crippen LogP contribution in [0.25, 0.3) is 39.1 Å². The third-order valence-corrected chi connectivity index (χ3v) is 4.85. The van der Waals surface area contributed by atoms with Crippen molar-refractivity contribution in [1.29, 1.82) is 0 Å². The lowest BCUT2D eigenvalue weighted by Gasteiger charge is -2.24. The number of fused-ring (bicyclic) bond motifs is 5. The molecular weight excluding hydrogens is 272 g/mol. The predicted octanol–water partition coefficient (Wildman–Crippen LogP) is 3.91. The second-order valence-electron chi connectivity index (χ2n) is 5.99. The zero-order chi connectivity index (χ0) is 14.8. The van der Waals surface area contributed by atoms with E-state index in [-0.39, 0.29) is 0 Å². The zero-order valence-electron chi connectivity index (χ0n) is 11.8. The Morgan fingerprint density at radius 2 is 1.55 bits per heavy atom. The number of benzene rings is 3. The van der Waals surface area contributed by atoms with Crippen LogP contribution in [0.4, 0.5) is 0 Å². The molecule has 3 aromatic rings. The SMILES string of the molecule is O[C@@H]1C=Cc2c(ccc3c2-c2cccc4cccc-3c24)[C@H]1O. The summed E-state index contributed by atoms with van der Waals surface area (Å²) in [6, 6.07) is 16.7. The van der Waals surface area contributed by atoms with Gasteiger partial charge in [0.1, 0.15) is 12.2 Å². The molecule has 22 heavy (non-hydrogen) atoms. The first-order valence-corrected chi connectivity index (χ1v) is 7.49. The van der Waals surface area contributed by atoms with Crippen molar-refractivity contribution in [2.75, 3.05) is 0 Å². The normalized spacial score (nSPS) is 21.0. The Labute approximate surface area is 128 Å². The highest BCUT2D eigenvalue weighted by Gasteiger charge is 2.29. The van der Waals surface area contributed by atoms with E-state index >= 15 is 0 Å². The summed E-state index contributed by atoms with van der Waals surface area (Å²) in [5.74, 6) is 0. The van der Waals surface area contributed by atoms with Crippen molar-refractivity contribution in [1.82, 2.24) is 0 Å². The van der Waals surface area contributed by atoms with E-state index in [0.717, 1.165) is 11.1 Å². The van der Waals surface area contributed by atoms with Crippen LogP contribution < -0.4 is 0 Å². The van der Waals surface area contributed by atoms with Gasteiger partial charge in [-0.05, 0) is 44.2 Å². The summed E-state index contributed by atoms with van der Waals surface area (Å²) in [4.78, 5) is 0. The van der Waals surface area contributed by atoms with E-state index in [1.807, 2.05) is 12.1 Å². The fourth-order valence-corrected chi connectivity index (χ4v) is 3.85. The van der Waals surface area contributed by atoms with Gasteiger partial charge < -0.3 is 10.2 Å². The summed E-state index contributed by atoms with van der Waals surface area (Å²) in [6.45, 7) is 0. The number of hydrogen-bond acceptors (Lipinski definition) is 2. The third-order valence-electron chi connectivity index (χ3n) is 4.85. The maximum Gasteiger partial charge on any atom is 0.109 e. The molecule has 2 heteroatoms. The molecule has 0 saturated carbocycles. The first-order chi connectivity index (χ1) is 10.8. The Kier molecular flexibility index (Phi) is 2.25. The lowest BCUT2D eigenvalue weighted by atomic mass is 9.86. The van der Waals surface area contributed by atoms with E-state index in [0.29, 0.717) is 0 Å². The Bertz CT molecular complexity index is 964. The molecule has 3 aromatic carbocycles. The molecule has 0 unspecified atom stereocenters. The largest absolute Gasteiger partial charge is 0.386 e. The average molecular weight is 286 g/mol. The highest BCUT2D eigenvalue weighted by atomic mass is 16.3. The molecule has 0 radical (unpaired) electrons. The fraction of sp³-hybridized carbons (Fsp3) is 0.100. The van der Waals surface area contributed by atoms with Crippen molar-refractivity contribution < 1.29 is 10.2 Å².